The second kappa shape index (κ2) is 10.4. The third kappa shape index (κ3) is 5.08. The minimum absolute atomic E-state index is 0.0478. The summed E-state index contributed by atoms with van der Waals surface area (Å²) in [5, 5.41) is 39.1. The zero-order valence-corrected chi connectivity index (χ0v) is 19.3. The number of carboxylic acids is 1. The van der Waals surface area contributed by atoms with E-state index in [2.05, 4.69) is 32.2 Å². The Hall–Kier alpha value is -3.80. The van der Waals surface area contributed by atoms with Crippen LogP contribution in [-0.4, -0.2) is 83.5 Å². The molecule has 1 aromatic carbocycles. The number of nitrogens with two attached hydrogens (primary N) is 1. The van der Waals surface area contributed by atoms with Gasteiger partial charge in [0.2, 0.25) is 5.82 Å². The molecule has 0 unspecified atom stereocenters. The molecule has 13 heteroatoms. The summed E-state index contributed by atoms with van der Waals surface area (Å²) in [7, 11) is 0. The first-order valence-electron chi connectivity index (χ1n) is 11.2. The molecule has 0 saturated carbocycles. The van der Waals surface area contributed by atoms with Crippen molar-refractivity contribution in [2.24, 2.45) is 0 Å². The number of carboxylic acid groups (broad SMARTS) is 1. The normalized spacial score (nSPS) is 23.4. The first kappa shape index (κ1) is 25.3. The molecule has 0 amide bonds. The van der Waals surface area contributed by atoms with Crippen molar-refractivity contribution in [3.63, 3.8) is 0 Å². The van der Waals surface area contributed by atoms with E-state index >= 15 is 0 Å². The van der Waals surface area contributed by atoms with E-state index in [-0.39, 0.29) is 35.8 Å². The van der Waals surface area contributed by atoms with Crippen molar-refractivity contribution in [2.75, 3.05) is 24.4 Å². The Labute approximate surface area is 205 Å². The van der Waals surface area contributed by atoms with Gasteiger partial charge in [0.05, 0.1) is 6.61 Å². The molecule has 2 aromatic heterocycles. The van der Waals surface area contributed by atoms with E-state index in [9.17, 15) is 20.1 Å². The maximum Gasteiger partial charge on any atom is 0.303 e. The number of nitrogens with zero attached hydrogens (tertiary/aromatic N) is 4. The molecule has 36 heavy (non-hydrogen) atoms. The average molecular weight is 498 g/mol. The number of nitrogen functional groups attached to an aromatic ring is 1. The topological polar surface area (TPSA) is 198 Å². The van der Waals surface area contributed by atoms with Gasteiger partial charge < -0.3 is 35.6 Å². The van der Waals surface area contributed by atoms with Crippen molar-refractivity contribution in [1.29, 1.82) is 0 Å². The van der Waals surface area contributed by atoms with Gasteiger partial charge in [-0.1, -0.05) is 18.1 Å². The predicted octanol–water partition coefficient (Wildman–Crippen LogP) is -0.828. The third-order valence-electron chi connectivity index (χ3n) is 5.56. The molecule has 4 rings (SSSR count). The van der Waals surface area contributed by atoms with E-state index in [0.29, 0.717) is 12.0 Å². The summed E-state index contributed by atoms with van der Waals surface area (Å²) in [5.41, 5.74) is 10.9. The van der Waals surface area contributed by atoms with E-state index in [1.807, 2.05) is 0 Å². The molecule has 190 valence electrons. The highest BCUT2D eigenvalue weighted by Crippen LogP contribution is 2.32. The quantitative estimate of drug-likeness (QED) is 0.167. The standard InChI is InChI=1S/C23H26N6O7/c1-2-35-23(20(34)19(33)15(11-30)36-23)28-29-12-25-18-21(24)26-16(27-22(18)29)9-7-13-3-5-14(6-4-13)8-10-17(31)32/h3-6,12,15,19-20,28,30,33-34H,2,8,10-11H2,1H3,(H,31,32)(H2,24,26,27)/t15-,19-,20-,23+/m1/s1. The van der Waals surface area contributed by atoms with E-state index in [1.54, 1.807) is 31.2 Å². The first-order chi connectivity index (χ1) is 17.3. The average Bonchev–Trinajstić information content (AvgIpc) is 3.37. The number of fused-ring (bicyclic) bond motifs is 1. The van der Waals surface area contributed by atoms with Crippen LogP contribution in [0.15, 0.2) is 30.6 Å². The molecular weight excluding hydrogens is 472 g/mol. The minimum Gasteiger partial charge on any atom is -0.481 e. The van der Waals surface area contributed by atoms with Crippen molar-refractivity contribution in [2.45, 2.75) is 44.0 Å². The summed E-state index contributed by atoms with van der Waals surface area (Å²) in [6.07, 6.45) is -2.21. The summed E-state index contributed by atoms with van der Waals surface area (Å²) in [6.45, 7) is 1.26. The fourth-order valence-corrected chi connectivity index (χ4v) is 3.76. The van der Waals surface area contributed by atoms with Crippen LogP contribution in [-0.2, 0) is 20.7 Å². The van der Waals surface area contributed by atoms with E-state index in [0.717, 1.165) is 5.56 Å². The van der Waals surface area contributed by atoms with Crippen molar-refractivity contribution >= 4 is 23.0 Å². The number of nitrogens with one attached hydrogen (secondary N) is 1. The van der Waals surface area contributed by atoms with Crippen LogP contribution in [0.5, 0.6) is 0 Å². The number of aliphatic hydroxyl groups excluding tert-OH is 3. The predicted molar refractivity (Wildman–Crippen MR) is 126 cm³/mol. The molecule has 7 N–H and O–H groups in total. The molecule has 0 radical (unpaired) electrons. The number of aliphatic carboxylic acids is 1. The van der Waals surface area contributed by atoms with Gasteiger partial charge in [-0.3, -0.25) is 10.2 Å². The van der Waals surface area contributed by atoms with Crippen LogP contribution >= 0.6 is 0 Å². The Bertz CT molecular complexity index is 1300. The van der Waals surface area contributed by atoms with Gasteiger partial charge in [-0.2, -0.15) is 4.98 Å². The zero-order valence-electron chi connectivity index (χ0n) is 19.3. The van der Waals surface area contributed by atoms with Crippen LogP contribution in [0.1, 0.15) is 30.3 Å². The number of aryl methyl sites for hydroxylation is 1. The number of aromatic nitrogens is 4. The number of hydrogen-bond acceptors (Lipinski definition) is 11. The van der Waals surface area contributed by atoms with Crippen LogP contribution in [0.4, 0.5) is 5.82 Å². The molecule has 1 saturated heterocycles. The summed E-state index contributed by atoms with van der Waals surface area (Å²) in [4.78, 5) is 23.5. The van der Waals surface area contributed by atoms with Crippen molar-refractivity contribution in [3.8, 4) is 11.8 Å². The second-order valence-corrected chi connectivity index (χ2v) is 8.05. The minimum atomic E-state index is -1.89. The van der Waals surface area contributed by atoms with Crippen molar-refractivity contribution < 1.29 is 34.7 Å². The lowest BCUT2D eigenvalue weighted by Crippen LogP contribution is -2.55. The first-order valence-corrected chi connectivity index (χ1v) is 11.2. The highest BCUT2D eigenvalue weighted by atomic mass is 16.8. The van der Waals surface area contributed by atoms with Crippen LogP contribution in [0.25, 0.3) is 11.2 Å². The summed E-state index contributed by atoms with van der Waals surface area (Å²) in [6, 6.07) is 7.15. The van der Waals surface area contributed by atoms with E-state index < -0.39 is 36.8 Å². The number of hydrogen-bond donors (Lipinski definition) is 6. The molecule has 3 heterocycles. The number of aliphatic hydroxyl groups is 3. The maximum atomic E-state index is 10.7. The summed E-state index contributed by atoms with van der Waals surface area (Å²) in [5.74, 6) is 3.21. The SMILES string of the molecule is CCO[C@]1(Nn2cnc3c(N)nc(C#Cc4ccc(CCC(=O)O)cc4)nc32)O[C@H](CO)[C@@H](O)[C@H]1O. The Morgan fingerprint density at radius 3 is 2.67 bits per heavy atom. The number of imidazole rings is 1. The number of carbonyl (C=O) groups is 1. The highest BCUT2D eigenvalue weighted by molar-refractivity contribution is 5.82. The van der Waals surface area contributed by atoms with Gasteiger partial charge in [0.25, 0.3) is 5.91 Å². The van der Waals surface area contributed by atoms with Crippen molar-refractivity contribution in [3.05, 3.63) is 47.5 Å². The summed E-state index contributed by atoms with van der Waals surface area (Å²) >= 11 is 0. The number of benzene rings is 1. The second-order valence-electron chi connectivity index (χ2n) is 8.05. The van der Waals surface area contributed by atoms with Gasteiger partial charge in [-0.15, -0.1) is 0 Å². The van der Waals surface area contributed by atoms with Gasteiger partial charge >= 0.3 is 5.97 Å². The van der Waals surface area contributed by atoms with Crippen LogP contribution < -0.4 is 11.2 Å². The van der Waals surface area contributed by atoms with Gasteiger partial charge in [-0.05, 0) is 37.0 Å². The molecule has 1 fully saturated rings. The van der Waals surface area contributed by atoms with Crippen LogP contribution in [0.2, 0.25) is 0 Å². The Kier molecular flexibility index (Phi) is 7.34. The van der Waals surface area contributed by atoms with Gasteiger partial charge in [0, 0.05) is 18.6 Å². The molecule has 0 bridgehead atoms. The number of rotatable bonds is 8. The Morgan fingerprint density at radius 1 is 1.28 bits per heavy atom. The Balaban J connectivity index is 1.61. The molecule has 13 nitrogen and oxygen atoms in total. The number of ether oxygens (including phenoxy) is 2. The molecule has 3 aromatic rings. The largest absolute Gasteiger partial charge is 0.481 e. The highest BCUT2D eigenvalue weighted by Gasteiger charge is 2.56. The van der Waals surface area contributed by atoms with Gasteiger partial charge in [-0.25, -0.2) is 14.6 Å². The summed E-state index contributed by atoms with van der Waals surface area (Å²) < 4.78 is 12.5. The lowest BCUT2D eigenvalue weighted by atomic mass is 10.1. The van der Waals surface area contributed by atoms with Crippen LogP contribution in [0, 0.1) is 11.8 Å². The fourth-order valence-electron chi connectivity index (χ4n) is 3.76. The molecule has 4 atom stereocenters. The molecule has 0 aliphatic carbocycles. The molecule has 1 aliphatic rings. The third-order valence-corrected chi connectivity index (χ3v) is 5.56. The Morgan fingerprint density at radius 2 is 2.03 bits per heavy atom. The van der Waals surface area contributed by atoms with Crippen molar-refractivity contribution in [1.82, 2.24) is 19.6 Å². The molecule has 0 spiro atoms. The monoisotopic (exact) mass is 498 g/mol. The van der Waals surface area contributed by atoms with Gasteiger partial charge in [0.15, 0.2) is 23.1 Å². The van der Waals surface area contributed by atoms with E-state index in [4.69, 9.17) is 20.3 Å². The fraction of sp³-hybridized carbons (Fsp3) is 0.391. The lowest BCUT2D eigenvalue weighted by molar-refractivity contribution is -0.246. The van der Waals surface area contributed by atoms with Crippen LogP contribution in [0.3, 0.4) is 0 Å². The zero-order chi connectivity index (χ0) is 25.9. The lowest BCUT2D eigenvalue weighted by Gasteiger charge is -2.33. The maximum absolute atomic E-state index is 10.7. The molecule has 1 aliphatic heterocycles. The van der Waals surface area contributed by atoms with E-state index in [1.165, 1.54) is 11.0 Å². The smallest absolute Gasteiger partial charge is 0.303 e. The number of anilines is 1. The molecular formula is C23H26N6O7. The van der Waals surface area contributed by atoms with Gasteiger partial charge in [0.1, 0.15) is 18.5 Å².